The van der Waals surface area contributed by atoms with E-state index in [-0.39, 0.29) is 49.1 Å². The van der Waals surface area contributed by atoms with E-state index in [0.717, 1.165) is 16.5 Å². The fourth-order valence-corrected chi connectivity index (χ4v) is 4.48. The van der Waals surface area contributed by atoms with Gasteiger partial charge in [0, 0.05) is 25.0 Å². The molecule has 2 fully saturated rings. The second-order valence-electron chi connectivity index (χ2n) is 8.00. The van der Waals surface area contributed by atoms with E-state index in [9.17, 15) is 18.8 Å². The van der Waals surface area contributed by atoms with Crippen LogP contribution in [0.4, 0.5) is 10.1 Å². The van der Waals surface area contributed by atoms with Gasteiger partial charge in [0.05, 0.1) is 23.9 Å². The lowest BCUT2D eigenvalue weighted by molar-refractivity contribution is -0.151. The first-order chi connectivity index (χ1) is 15.2. The minimum absolute atomic E-state index is 0.0366. The average molecular weight is 455 g/mol. The van der Waals surface area contributed by atoms with Crippen molar-refractivity contribution in [2.45, 2.75) is 25.4 Å². The quantitative estimate of drug-likeness (QED) is 0.713. The molecule has 2 saturated heterocycles. The lowest BCUT2D eigenvalue weighted by Crippen LogP contribution is -2.69. The average Bonchev–Trinajstić information content (AvgIpc) is 3.22. The number of carbonyl (C=O) groups is 3. The first-order valence-corrected chi connectivity index (χ1v) is 10.4. The van der Waals surface area contributed by atoms with Gasteiger partial charge < -0.3 is 9.80 Å². The summed E-state index contributed by atoms with van der Waals surface area (Å²) in [6.07, 6.45) is 0.249. The molecular formula is C23H20ClFN4O3. The van der Waals surface area contributed by atoms with Gasteiger partial charge in [-0.1, -0.05) is 23.7 Å². The van der Waals surface area contributed by atoms with E-state index in [1.807, 2.05) is 6.07 Å². The molecular weight excluding hydrogens is 435 g/mol. The van der Waals surface area contributed by atoms with Crippen LogP contribution in [0, 0.1) is 17.1 Å². The molecule has 0 aliphatic carbocycles. The van der Waals surface area contributed by atoms with Gasteiger partial charge in [-0.3, -0.25) is 19.3 Å². The minimum atomic E-state index is -1.30. The van der Waals surface area contributed by atoms with E-state index in [4.69, 9.17) is 16.9 Å². The van der Waals surface area contributed by atoms with E-state index >= 15 is 0 Å². The molecule has 2 aromatic rings. The van der Waals surface area contributed by atoms with Crippen molar-refractivity contribution in [2.24, 2.45) is 0 Å². The third kappa shape index (κ3) is 3.69. The van der Waals surface area contributed by atoms with Crippen molar-refractivity contribution < 1.29 is 18.8 Å². The number of carbonyl (C=O) groups excluding carboxylic acids is 3. The number of rotatable bonds is 3. The zero-order valence-corrected chi connectivity index (χ0v) is 18.1. The molecule has 1 atom stereocenters. The molecule has 2 heterocycles. The molecule has 0 aromatic heterocycles. The molecule has 1 spiro atoms. The Bertz CT molecular complexity index is 1150. The molecule has 0 radical (unpaired) electrons. The van der Waals surface area contributed by atoms with Crippen LogP contribution in [0.15, 0.2) is 42.5 Å². The highest BCUT2D eigenvalue weighted by molar-refractivity contribution is 6.30. The summed E-state index contributed by atoms with van der Waals surface area (Å²) in [4.78, 5) is 43.2. The molecule has 2 aliphatic rings. The van der Waals surface area contributed by atoms with Crippen molar-refractivity contribution in [1.82, 2.24) is 9.80 Å². The number of halogens is 2. The van der Waals surface area contributed by atoms with Gasteiger partial charge in [0.2, 0.25) is 11.8 Å². The second kappa shape index (κ2) is 8.24. The Kier molecular flexibility index (Phi) is 5.61. The maximum atomic E-state index is 14.7. The Morgan fingerprint density at radius 1 is 1.22 bits per heavy atom. The summed E-state index contributed by atoms with van der Waals surface area (Å²) in [6.45, 7) is 1.59. The fourth-order valence-electron chi connectivity index (χ4n) is 4.36. The number of anilines is 1. The normalized spacial score (nSPS) is 20.8. The van der Waals surface area contributed by atoms with Crippen molar-refractivity contribution in [1.29, 1.82) is 5.26 Å². The van der Waals surface area contributed by atoms with Crippen LogP contribution in [-0.2, 0) is 20.9 Å². The summed E-state index contributed by atoms with van der Waals surface area (Å²) < 4.78 is 14.7. The molecule has 0 saturated carbocycles. The summed E-state index contributed by atoms with van der Waals surface area (Å²) in [5.41, 5.74) is -0.464. The fraction of sp³-hybridized carbons (Fsp3) is 0.304. The molecule has 3 amide bonds. The number of amides is 3. The van der Waals surface area contributed by atoms with Gasteiger partial charge >= 0.3 is 0 Å². The molecule has 2 aromatic carbocycles. The Hall–Kier alpha value is -3.44. The number of nitriles is 1. The molecule has 0 bridgehead atoms. The monoisotopic (exact) mass is 454 g/mol. The smallest absolute Gasteiger partial charge is 0.255 e. The van der Waals surface area contributed by atoms with Crippen LogP contribution in [0.25, 0.3) is 0 Å². The largest absolute Gasteiger partial charge is 0.340 e. The first kappa shape index (κ1) is 21.8. The highest BCUT2D eigenvalue weighted by Gasteiger charge is 2.56. The van der Waals surface area contributed by atoms with Gasteiger partial charge in [0.1, 0.15) is 17.9 Å². The number of likely N-dealkylation sites (tertiary alicyclic amines) is 1. The first-order valence-electron chi connectivity index (χ1n) is 10.1. The van der Waals surface area contributed by atoms with E-state index < -0.39 is 17.3 Å². The van der Waals surface area contributed by atoms with Crippen LogP contribution >= 0.6 is 11.6 Å². The van der Waals surface area contributed by atoms with E-state index in [2.05, 4.69) is 0 Å². The molecule has 4 rings (SSSR count). The molecule has 9 heteroatoms. The van der Waals surface area contributed by atoms with Gasteiger partial charge in [-0.2, -0.15) is 5.26 Å². The Labute approximate surface area is 189 Å². The number of benzene rings is 2. The predicted octanol–water partition coefficient (Wildman–Crippen LogP) is 2.72. The minimum Gasteiger partial charge on any atom is -0.340 e. The number of piperazine rings is 1. The molecule has 0 unspecified atom stereocenters. The van der Waals surface area contributed by atoms with Crippen molar-refractivity contribution in [2.75, 3.05) is 24.5 Å². The molecule has 32 heavy (non-hydrogen) atoms. The van der Waals surface area contributed by atoms with Crippen molar-refractivity contribution in [3.05, 3.63) is 64.4 Å². The van der Waals surface area contributed by atoms with Crippen LogP contribution in [-0.4, -0.2) is 52.7 Å². The molecule has 2 aliphatic heterocycles. The third-order valence-corrected chi connectivity index (χ3v) is 6.32. The van der Waals surface area contributed by atoms with E-state index in [1.54, 1.807) is 24.3 Å². The highest BCUT2D eigenvalue weighted by atomic mass is 35.5. The summed E-state index contributed by atoms with van der Waals surface area (Å²) in [5, 5.41) is 9.55. The zero-order chi connectivity index (χ0) is 23.0. The van der Waals surface area contributed by atoms with Crippen LogP contribution in [0.1, 0.15) is 24.5 Å². The zero-order valence-electron chi connectivity index (χ0n) is 17.3. The molecule has 7 nitrogen and oxygen atoms in total. The maximum absolute atomic E-state index is 14.7. The Balaban J connectivity index is 1.74. The summed E-state index contributed by atoms with van der Waals surface area (Å²) in [5.74, 6) is -1.75. The van der Waals surface area contributed by atoms with Crippen LogP contribution in [0.3, 0.4) is 0 Å². The predicted molar refractivity (Wildman–Crippen MR) is 115 cm³/mol. The standard InChI is InChI=1S/C23H20ClFN4O3/c1-15(30)27-9-8-23(14-27)22(32)28(20-7-4-17(11-26)10-19(20)25)13-21(31)29(23)12-16-2-5-18(24)6-3-16/h2-7,10H,8-9,12-14H2,1H3/t23-/m1/s1. The van der Waals surface area contributed by atoms with Crippen LogP contribution in [0.5, 0.6) is 0 Å². The second-order valence-corrected chi connectivity index (χ2v) is 8.43. The van der Waals surface area contributed by atoms with Crippen LogP contribution < -0.4 is 4.90 Å². The van der Waals surface area contributed by atoms with E-state index in [1.165, 1.54) is 28.9 Å². The van der Waals surface area contributed by atoms with Crippen molar-refractivity contribution >= 4 is 35.0 Å². The highest BCUT2D eigenvalue weighted by Crippen LogP contribution is 2.37. The van der Waals surface area contributed by atoms with Gasteiger partial charge in [-0.05, 0) is 42.3 Å². The SMILES string of the molecule is CC(=O)N1CC[C@@]2(C1)C(=O)N(c1ccc(C#N)cc1F)CC(=O)N2Cc1ccc(Cl)cc1. The van der Waals surface area contributed by atoms with Gasteiger partial charge in [-0.15, -0.1) is 0 Å². The van der Waals surface area contributed by atoms with Gasteiger partial charge in [0.25, 0.3) is 5.91 Å². The van der Waals surface area contributed by atoms with E-state index in [0.29, 0.717) is 11.6 Å². The number of hydrogen-bond donors (Lipinski definition) is 0. The maximum Gasteiger partial charge on any atom is 0.255 e. The molecule has 0 N–H and O–H groups in total. The summed E-state index contributed by atoms with van der Waals surface area (Å²) in [6, 6.07) is 12.6. The summed E-state index contributed by atoms with van der Waals surface area (Å²) in [7, 11) is 0. The number of nitrogens with zero attached hydrogens (tertiary/aromatic N) is 4. The Morgan fingerprint density at radius 3 is 2.53 bits per heavy atom. The van der Waals surface area contributed by atoms with Crippen molar-refractivity contribution in [3.63, 3.8) is 0 Å². The van der Waals surface area contributed by atoms with Gasteiger partial charge in [-0.25, -0.2) is 4.39 Å². The third-order valence-electron chi connectivity index (χ3n) is 6.07. The lowest BCUT2D eigenvalue weighted by atomic mass is 9.90. The van der Waals surface area contributed by atoms with Crippen LogP contribution in [0.2, 0.25) is 5.02 Å². The summed E-state index contributed by atoms with van der Waals surface area (Å²) >= 11 is 5.96. The van der Waals surface area contributed by atoms with Crippen molar-refractivity contribution in [3.8, 4) is 6.07 Å². The Morgan fingerprint density at radius 2 is 1.94 bits per heavy atom. The topological polar surface area (TPSA) is 84.7 Å². The lowest BCUT2D eigenvalue weighted by Gasteiger charge is -2.47. The van der Waals surface area contributed by atoms with Gasteiger partial charge in [0.15, 0.2) is 0 Å². The molecule has 164 valence electrons. The number of hydrogen-bond acceptors (Lipinski definition) is 4.